The van der Waals surface area contributed by atoms with Gasteiger partial charge in [-0.3, -0.25) is 9.59 Å². The fraction of sp³-hybridized carbons (Fsp3) is 0.526. The molecule has 0 spiro atoms. The molecule has 51 heavy (non-hydrogen) atoms. The van der Waals surface area contributed by atoms with Crippen molar-refractivity contribution in [2.24, 2.45) is 17.8 Å². The first-order chi connectivity index (χ1) is 24.4. The van der Waals surface area contributed by atoms with Crippen molar-refractivity contribution >= 4 is 35.1 Å². The molecule has 1 fully saturated rings. The number of carbonyl (C=O) groups excluding carboxylic acids is 4. The third-order valence-corrected chi connectivity index (χ3v) is 9.74. The molecule has 0 N–H and O–H groups in total. The Bertz CT molecular complexity index is 1940. The minimum atomic E-state index is -1.82. The lowest BCUT2D eigenvalue weighted by Gasteiger charge is -2.37. The summed E-state index contributed by atoms with van der Waals surface area (Å²) in [6, 6.07) is 6.89. The molecule has 6 rings (SSSR count). The standard InChI is InChI=1S/C38H45N3O10/c1-7-25-26-15-24(50-37(46)49-19-22(5)6)9-10-30(26)39-32-27(25)17-41-31(32)16-29-28(33(41)42)20-47-35(44)38(29,8-2)51-34(43)23-11-13-40(14-12-23)36(45)48-18-21(3)4/h9-10,15-16,21-23H,7-8,11-14,17-20H2,1-6H3. The Kier molecular flexibility index (Phi) is 10.1. The number of hydrogen-bond acceptors (Lipinski definition) is 11. The van der Waals surface area contributed by atoms with Crippen molar-refractivity contribution in [1.29, 1.82) is 0 Å². The largest absolute Gasteiger partial charge is 0.513 e. The van der Waals surface area contributed by atoms with Crippen molar-refractivity contribution in [2.75, 3.05) is 26.3 Å². The number of benzene rings is 1. The lowest BCUT2D eigenvalue weighted by Crippen LogP contribution is -2.49. The molecular formula is C38H45N3O10. The molecule has 2 aromatic heterocycles. The van der Waals surface area contributed by atoms with E-state index >= 15 is 0 Å². The van der Waals surface area contributed by atoms with Gasteiger partial charge in [0.2, 0.25) is 5.60 Å². The molecule has 1 unspecified atom stereocenters. The van der Waals surface area contributed by atoms with E-state index in [-0.39, 0.29) is 49.1 Å². The molecule has 1 atom stereocenters. The Hall–Kier alpha value is -4.94. The molecule has 3 aliphatic rings. The normalized spacial score (nSPS) is 18.3. The maximum atomic E-state index is 14.1. The highest BCUT2D eigenvalue weighted by Gasteiger charge is 2.51. The number of aryl methyl sites for hydroxylation is 1. The zero-order valence-corrected chi connectivity index (χ0v) is 30.0. The molecule has 13 heteroatoms. The van der Waals surface area contributed by atoms with Crippen LogP contribution in [0.15, 0.2) is 29.1 Å². The van der Waals surface area contributed by atoms with Crippen molar-refractivity contribution < 1.29 is 42.9 Å². The number of amides is 1. The lowest BCUT2D eigenvalue weighted by atomic mass is 9.85. The van der Waals surface area contributed by atoms with Crippen LogP contribution in [0, 0.1) is 17.8 Å². The Morgan fingerprint density at radius 1 is 0.980 bits per heavy atom. The van der Waals surface area contributed by atoms with Crippen LogP contribution in [0.25, 0.3) is 22.3 Å². The van der Waals surface area contributed by atoms with Crippen LogP contribution in [0.1, 0.15) is 83.1 Å². The summed E-state index contributed by atoms with van der Waals surface area (Å²) in [4.78, 5) is 72.6. The summed E-state index contributed by atoms with van der Waals surface area (Å²) >= 11 is 0. The average Bonchev–Trinajstić information content (AvgIpc) is 3.48. The SMILES string of the molecule is CCc1c2c(nc3ccc(OC(=O)OCC(C)C)cc13)-c1cc3c(c(=O)n1C2)COC(=O)C3(CC)OC(=O)C1CCN(C(=O)OCC(C)C)CC1. The number of carbonyl (C=O) groups is 4. The third-order valence-electron chi connectivity index (χ3n) is 9.74. The monoisotopic (exact) mass is 703 g/mol. The van der Waals surface area contributed by atoms with E-state index in [1.54, 1.807) is 40.7 Å². The van der Waals surface area contributed by atoms with Gasteiger partial charge in [0.15, 0.2) is 0 Å². The highest BCUT2D eigenvalue weighted by molar-refractivity contribution is 5.91. The van der Waals surface area contributed by atoms with Gasteiger partial charge in [0.1, 0.15) is 12.4 Å². The van der Waals surface area contributed by atoms with Crippen LogP contribution in [0.3, 0.4) is 0 Å². The summed E-state index contributed by atoms with van der Waals surface area (Å²) in [6.45, 7) is 12.7. The van der Waals surface area contributed by atoms with Crippen molar-refractivity contribution in [3.63, 3.8) is 0 Å². The zero-order valence-electron chi connectivity index (χ0n) is 30.0. The van der Waals surface area contributed by atoms with E-state index in [0.29, 0.717) is 67.2 Å². The molecule has 13 nitrogen and oxygen atoms in total. The first-order valence-electron chi connectivity index (χ1n) is 17.8. The van der Waals surface area contributed by atoms with Gasteiger partial charge in [-0.2, -0.15) is 0 Å². The lowest BCUT2D eigenvalue weighted by molar-refractivity contribution is -0.192. The zero-order chi connectivity index (χ0) is 36.6. The number of cyclic esters (lactones) is 1. The summed E-state index contributed by atoms with van der Waals surface area (Å²) in [5, 5.41) is 0.783. The molecule has 3 aromatic rings. The predicted molar refractivity (Wildman–Crippen MR) is 185 cm³/mol. The average molecular weight is 704 g/mol. The van der Waals surface area contributed by atoms with E-state index in [2.05, 4.69) is 0 Å². The Morgan fingerprint density at radius 2 is 1.69 bits per heavy atom. The van der Waals surface area contributed by atoms with Gasteiger partial charge in [0.25, 0.3) is 5.56 Å². The maximum absolute atomic E-state index is 14.1. The number of aromatic nitrogens is 2. The molecule has 3 aliphatic heterocycles. The van der Waals surface area contributed by atoms with Crippen LogP contribution in [0.5, 0.6) is 5.75 Å². The summed E-state index contributed by atoms with van der Waals surface area (Å²) in [6.07, 6.45) is 0.152. The van der Waals surface area contributed by atoms with Crippen molar-refractivity contribution in [2.45, 2.75) is 86.0 Å². The second kappa shape index (κ2) is 14.4. The molecule has 1 saturated heterocycles. The second-order valence-corrected chi connectivity index (χ2v) is 14.2. The fourth-order valence-corrected chi connectivity index (χ4v) is 7.01. The second-order valence-electron chi connectivity index (χ2n) is 14.2. The maximum Gasteiger partial charge on any atom is 0.513 e. The van der Waals surface area contributed by atoms with Gasteiger partial charge in [0, 0.05) is 29.6 Å². The van der Waals surface area contributed by atoms with Crippen LogP contribution in [-0.4, -0.2) is 64.9 Å². The van der Waals surface area contributed by atoms with Gasteiger partial charge >= 0.3 is 24.2 Å². The number of likely N-dealkylation sites (tertiary alicyclic amines) is 1. The molecule has 0 radical (unpaired) electrons. The summed E-state index contributed by atoms with van der Waals surface area (Å²) in [7, 11) is 0. The number of nitrogens with zero attached hydrogens (tertiary/aromatic N) is 3. The first-order valence-corrected chi connectivity index (χ1v) is 17.8. The minimum Gasteiger partial charge on any atom is -0.457 e. The predicted octanol–water partition coefficient (Wildman–Crippen LogP) is 5.87. The Balaban J connectivity index is 1.30. The number of fused-ring (bicyclic) bond motifs is 5. The van der Waals surface area contributed by atoms with E-state index < -0.39 is 35.7 Å². The minimum absolute atomic E-state index is 0.0500. The molecular weight excluding hydrogens is 658 g/mol. The number of ether oxygens (including phenoxy) is 5. The van der Waals surface area contributed by atoms with Crippen LogP contribution >= 0.6 is 0 Å². The van der Waals surface area contributed by atoms with Crippen LogP contribution in [0.2, 0.25) is 0 Å². The highest BCUT2D eigenvalue weighted by atomic mass is 16.7. The molecule has 1 amide bonds. The number of rotatable bonds is 9. The smallest absolute Gasteiger partial charge is 0.457 e. The molecule has 0 bridgehead atoms. The molecule has 0 saturated carbocycles. The first kappa shape index (κ1) is 35.9. The molecule has 5 heterocycles. The van der Waals surface area contributed by atoms with E-state index in [9.17, 15) is 24.0 Å². The van der Waals surface area contributed by atoms with Crippen LogP contribution in [-0.2, 0) is 53.7 Å². The fourth-order valence-electron chi connectivity index (χ4n) is 7.01. The van der Waals surface area contributed by atoms with Gasteiger partial charge in [-0.25, -0.2) is 19.4 Å². The molecule has 1 aromatic carbocycles. The number of piperidine rings is 1. The van der Waals surface area contributed by atoms with Gasteiger partial charge in [0.05, 0.1) is 48.1 Å². The van der Waals surface area contributed by atoms with E-state index in [0.717, 1.165) is 16.5 Å². The van der Waals surface area contributed by atoms with Gasteiger partial charge in [-0.1, -0.05) is 41.5 Å². The van der Waals surface area contributed by atoms with Crippen molar-refractivity contribution in [3.8, 4) is 17.1 Å². The summed E-state index contributed by atoms with van der Waals surface area (Å²) < 4.78 is 29.2. The van der Waals surface area contributed by atoms with Crippen LogP contribution < -0.4 is 10.3 Å². The van der Waals surface area contributed by atoms with Gasteiger partial charge in [-0.05, 0) is 67.3 Å². The quantitative estimate of drug-likeness (QED) is 0.117. The van der Waals surface area contributed by atoms with Crippen molar-refractivity contribution in [1.82, 2.24) is 14.5 Å². The molecule has 272 valence electrons. The summed E-state index contributed by atoms with van der Waals surface area (Å²) in [5.41, 5.74) is 1.91. The number of esters is 2. The topological polar surface area (TPSA) is 153 Å². The van der Waals surface area contributed by atoms with E-state index in [1.807, 2.05) is 34.6 Å². The Labute approximate surface area is 296 Å². The molecule has 0 aliphatic carbocycles. The van der Waals surface area contributed by atoms with E-state index in [4.69, 9.17) is 28.7 Å². The highest BCUT2D eigenvalue weighted by Crippen LogP contribution is 2.43. The number of hydrogen-bond donors (Lipinski definition) is 0. The van der Waals surface area contributed by atoms with Gasteiger partial charge in [-0.15, -0.1) is 0 Å². The number of pyridine rings is 2. The van der Waals surface area contributed by atoms with Crippen LogP contribution in [0.4, 0.5) is 9.59 Å². The Morgan fingerprint density at radius 3 is 2.35 bits per heavy atom. The van der Waals surface area contributed by atoms with Gasteiger partial charge < -0.3 is 33.2 Å². The van der Waals surface area contributed by atoms with E-state index in [1.165, 1.54) is 0 Å². The van der Waals surface area contributed by atoms with Crippen molar-refractivity contribution in [3.05, 3.63) is 56.9 Å². The summed E-state index contributed by atoms with van der Waals surface area (Å²) in [5.74, 6) is -1.18. The third kappa shape index (κ3) is 6.77.